The molecule has 1 aliphatic carbocycles. The fourth-order valence-electron chi connectivity index (χ4n) is 2.55. The second-order valence-corrected chi connectivity index (χ2v) is 6.22. The van der Waals surface area contributed by atoms with Gasteiger partial charge in [0.1, 0.15) is 5.82 Å². The predicted molar refractivity (Wildman–Crippen MR) is 89.9 cm³/mol. The van der Waals surface area contributed by atoms with E-state index in [9.17, 15) is 9.18 Å². The van der Waals surface area contributed by atoms with Crippen LogP contribution >= 0.6 is 11.6 Å². The third-order valence-electron chi connectivity index (χ3n) is 3.85. The summed E-state index contributed by atoms with van der Waals surface area (Å²) in [5.41, 5.74) is 1.29. The molecule has 0 atom stereocenters. The zero-order chi connectivity index (χ0) is 16.2. The smallest absolute Gasteiger partial charge is 0.238 e. The van der Waals surface area contributed by atoms with Crippen molar-refractivity contribution < 1.29 is 9.18 Å². The Balaban J connectivity index is 1.63. The maximum atomic E-state index is 13.8. The van der Waals surface area contributed by atoms with Crippen molar-refractivity contribution in [3.05, 3.63) is 64.9 Å². The van der Waals surface area contributed by atoms with Crippen molar-refractivity contribution in [1.29, 1.82) is 0 Å². The van der Waals surface area contributed by atoms with E-state index < -0.39 is 0 Å². The zero-order valence-electron chi connectivity index (χ0n) is 12.6. The van der Waals surface area contributed by atoms with Gasteiger partial charge in [-0.15, -0.1) is 0 Å². The molecule has 2 aromatic carbocycles. The number of carbonyl (C=O) groups is 1. The fraction of sp³-hybridized carbons (Fsp3) is 0.278. The molecular weight excluding hydrogens is 315 g/mol. The summed E-state index contributed by atoms with van der Waals surface area (Å²) >= 11 is 5.92. The Kier molecular flexibility index (Phi) is 4.94. The van der Waals surface area contributed by atoms with Crippen LogP contribution in [-0.2, 0) is 11.3 Å². The number of anilines is 1. The van der Waals surface area contributed by atoms with E-state index in [-0.39, 0.29) is 18.3 Å². The van der Waals surface area contributed by atoms with Crippen molar-refractivity contribution in [2.75, 3.05) is 11.9 Å². The summed E-state index contributed by atoms with van der Waals surface area (Å²) < 4.78 is 13.8. The quantitative estimate of drug-likeness (QED) is 0.864. The van der Waals surface area contributed by atoms with Gasteiger partial charge in [-0.2, -0.15) is 0 Å². The Morgan fingerprint density at radius 3 is 2.70 bits per heavy atom. The Labute approximate surface area is 140 Å². The van der Waals surface area contributed by atoms with Crippen LogP contribution in [0.4, 0.5) is 10.1 Å². The summed E-state index contributed by atoms with van der Waals surface area (Å²) in [6.07, 6.45) is 2.11. The first-order valence-electron chi connectivity index (χ1n) is 7.65. The lowest BCUT2D eigenvalue weighted by Crippen LogP contribution is -2.34. The molecule has 0 unspecified atom stereocenters. The average Bonchev–Trinajstić information content (AvgIpc) is 3.33. The Bertz CT molecular complexity index is 703. The molecule has 0 aromatic heterocycles. The summed E-state index contributed by atoms with van der Waals surface area (Å²) in [6, 6.07) is 14.1. The van der Waals surface area contributed by atoms with Crippen molar-refractivity contribution >= 4 is 23.2 Å². The number of carbonyl (C=O) groups excluding carboxylic acids is 1. The van der Waals surface area contributed by atoms with Gasteiger partial charge in [-0.05, 0) is 37.1 Å². The van der Waals surface area contributed by atoms with Crippen LogP contribution in [0.5, 0.6) is 0 Å². The minimum Gasteiger partial charge on any atom is -0.325 e. The molecule has 23 heavy (non-hydrogen) atoms. The van der Waals surface area contributed by atoms with Crippen LogP contribution in [0.15, 0.2) is 48.5 Å². The van der Waals surface area contributed by atoms with Gasteiger partial charge in [0, 0.05) is 28.9 Å². The van der Waals surface area contributed by atoms with Gasteiger partial charge < -0.3 is 5.32 Å². The fourth-order valence-corrected chi connectivity index (χ4v) is 2.74. The van der Waals surface area contributed by atoms with E-state index in [0.29, 0.717) is 28.9 Å². The molecule has 0 aliphatic heterocycles. The van der Waals surface area contributed by atoms with Crippen LogP contribution < -0.4 is 5.32 Å². The lowest BCUT2D eigenvalue weighted by atomic mass is 10.2. The molecule has 0 spiro atoms. The topological polar surface area (TPSA) is 32.3 Å². The molecule has 1 saturated carbocycles. The molecule has 1 N–H and O–H groups in total. The van der Waals surface area contributed by atoms with Crippen LogP contribution in [0.3, 0.4) is 0 Å². The van der Waals surface area contributed by atoms with Crippen molar-refractivity contribution in [2.45, 2.75) is 25.4 Å². The van der Waals surface area contributed by atoms with Gasteiger partial charge in [0.15, 0.2) is 0 Å². The van der Waals surface area contributed by atoms with Gasteiger partial charge in [-0.25, -0.2) is 4.39 Å². The van der Waals surface area contributed by atoms with Crippen molar-refractivity contribution in [3.8, 4) is 0 Å². The molecule has 0 heterocycles. The molecule has 1 aliphatic rings. The molecular formula is C18H18ClFN2O. The van der Waals surface area contributed by atoms with Crippen LogP contribution in [0.25, 0.3) is 0 Å². The number of benzene rings is 2. The van der Waals surface area contributed by atoms with Crippen LogP contribution in [0.1, 0.15) is 18.4 Å². The van der Waals surface area contributed by atoms with Crippen molar-refractivity contribution in [3.63, 3.8) is 0 Å². The largest absolute Gasteiger partial charge is 0.325 e. The standard InChI is InChI=1S/C18H18ClFN2O/c19-14-5-3-6-15(10-14)21-18(23)12-22(16-8-9-16)11-13-4-1-2-7-17(13)20/h1-7,10,16H,8-9,11-12H2,(H,21,23). The van der Waals surface area contributed by atoms with Gasteiger partial charge in [0.2, 0.25) is 5.91 Å². The zero-order valence-corrected chi connectivity index (χ0v) is 13.4. The highest BCUT2D eigenvalue weighted by Gasteiger charge is 2.30. The van der Waals surface area contributed by atoms with E-state index in [1.54, 1.807) is 36.4 Å². The number of nitrogens with one attached hydrogen (secondary N) is 1. The summed E-state index contributed by atoms with van der Waals surface area (Å²) in [4.78, 5) is 14.3. The van der Waals surface area contributed by atoms with Gasteiger partial charge in [0.05, 0.1) is 6.54 Å². The maximum absolute atomic E-state index is 13.8. The summed E-state index contributed by atoms with van der Waals surface area (Å²) in [5, 5.41) is 3.41. The lowest BCUT2D eigenvalue weighted by Gasteiger charge is -2.21. The second kappa shape index (κ2) is 7.11. The Morgan fingerprint density at radius 1 is 1.22 bits per heavy atom. The molecule has 0 saturated heterocycles. The molecule has 2 aromatic rings. The Hall–Kier alpha value is -1.91. The van der Waals surface area contributed by atoms with Crippen molar-refractivity contribution in [2.24, 2.45) is 0 Å². The number of amides is 1. The van der Waals surface area contributed by atoms with Gasteiger partial charge in [-0.1, -0.05) is 35.9 Å². The molecule has 0 bridgehead atoms. The van der Waals surface area contributed by atoms with Gasteiger partial charge in [-0.3, -0.25) is 9.69 Å². The molecule has 120 valence electrons. The molecule has 0 radical (unpaired) electrons. The first-order valence-corrected chi connectivity index (χ1v) is 8.02. The second-order valence-electron chi connectivity index (χ2n) is 5.79. The summed E-state index contributed by atoms with van der Waals surface area (Å²) in [6.45, 7) is 0.686. The predicted octanol–water partition coefficient (Wildman–Crippen LogP) is 4.08. The van der Waals surface area contributed by atoms with Crippen LogP contribution in [0.2, 0.25) is 5.02 Å². The van der Waals surface area contributed by atoms with E-state index >= 15 is 0 Å². The van der Waals surface area contributed by atoms with E-state index in [0.717, 1.165) is 12.8 Å². The van der Waals surface area contributed by atoms with E-state index in [4.69, 9.17) is 11.6 Å². The minimum atomic E-state index is -0.228. The highest BCUT2D eigenvalue weighted by atomic mass is 35.5. The van der Waals surface area contributed by atoms with Gasteiger partial charge >= 0.3 is 0 Å². The SMILES string of the molecule is O=C(CN(Cc1ccccc1F)C1CC1)Nc1cccc(Cl)c1. The van der Waals surface area contributed by atoms with E-state index in [1.807, 2.05) is 11.0 Å². The van der Waals surface area contributed by atoms with Gasteiger partial charge in [0.25, 0.3) is 0 Å². The number of hydrogen-bond donors (Lipinski definition) is 1. The lowest BCUT2D eigenvalue weighted by molar-refractivity contribution is -0.117. The molecule has 1 fully saturated rings. The third kappa shape index (κ3) is 4.53. The normalized spacial score (nSPS) is 14.0. The molecule has 3 rings (SSSR count). The minimum absolute atomic E-state index is 0.115. The number of hydrogen-bond acceptors (Lipinski definition) is 2. The average molecular weight is 333 g/mol. The molecule has 1 amide bonds. The first kappa shape index (κ1) is 16.0. The maximum Gasteiger partial charge on any atom is 0.238 e. The van der Waals surface area contributed by atoms with Crippen LogP contribution in [0, 0.1) is 5.82 Å². The Morgan fingerprint density at radius 2 is 2.00 bits per heavy atom. The number of nitrogens with zero attached hydrogens (tertiary/aromatic N) is 1. The highest BCUT2D eigenvalue weighted by molar-refractivity contribution is 6.30. The summed E-state index contributed by atoms with van der Waals surface area (Å²) in [5.74, 6) is -0.344. The van der Waals surface area contributed by atoms with Crippen LogP contribution in [-0.4, -0.2) is 23.4 Å². The van der Waals surface area contributed by atoms with E-state index in [1.165, 1.54) is 6.07 Å². The monoisotopic (exact) mass is 332 g/mol. The number of halogens is 2. The first-order chi connectivity index (χ1) is 11.1. The molecule has 3 nitrogen and oxygen atoms in total. The van der Waals surface area contributed by atoms with E-state index in [2.05, 4.69) is 5.32 Å². The third-order valence-corrected chi connectivity index (χ3v) is 4.08. The summed E-state index contributed by atoms with van der Waals surface area (Å²) in [7, 11) is 0. The molecule has 5 heteroatoms. The number of rotatable bonds is 6. The highest BCUT2D eigenvalue weighted by Crippen LogP contribution is 2.28. The van der Waals surface area contributed by atoms with Crippen molar-refractivity contribution in [1.82, 2.24) is 4.90 Å².